The van der Waals surface area contributed by atoms with Crippen molar-refractivity contribution in [2.45, 2.75) is 13.8 Å². The van der Waals surface area contributed by atoms with E-state index in [0.29, 0.717) is 0 Å². The minimum atomic E-state index is 1.15. The van der Waals surface area contributed by atoms with E-state index in [1.54, 1.807) is 0 Å². The average molecular weight is 600 g/mol. The van der Waals surface area contributed by atoms with E-state index in [2.05, 4.69) is 183 Å². The predicted octanol–water partition coefficient (Wildman–Crippen LogP) is 13.1. The first-order chi connectivity index (χ1) is 23.2. The van der Waals surface area contributed by atoms with E-state index in [1.807, 2.05) is 0 Å². The van der Waals surface area contributed by atoms with E-state index < -0.39 is 0 Å². The third-order valence-corrected chi connectivity index (χ3v) is 9.71. The third-order valence-electron chi connectivity index (χ3n) is 9.71. The maximum Gasteiger partial charge on any atom is 0.0490 e. The Labute approximate surface area is 276 Å². The van der Waals surface area contributed by atoms with Gasteiger partial charge in [-0.2, -0.15) is 0 Å². The van der Waals surface area contributed by atoms with Gasteiger partial charge in [0, 0.05) is 17.1 Å². The Morgan fingerprint density at radius 2 is 0.915 bits per heavy atom. The molecule has 8 aromatic carbocycles. The van der Waals surface area contributed by atoms with Gasteiger partial charge in [-0.05, 0) is 128 Å². The van der Waals surface area contributed by atoms with Crippen LogP contribution in [0.4, 0.5) is 17.1 Å². The zero-order chi connectivity index (χ0) is 31.5. The Morgan fingerprint density at radius 3 is 1.49 bits per heavy atom. The average Bonchev–Trinajstić information content (AvgIpc) is 3.12. The van der Waals surface area contributed by atoms with Crippen LogP contribution in [0.3, 0.4) is 0 Å². The van der Waals surface area contributed by atoms with Crippen LogP contribution in [0.25, 0.3) is 66.1 Å². The fourth-order valence-corrected chi connectivity index (χ4v) is 7.62. The Balaban J connectivity index is 1.30. The zero-order valence-corrected chi connectivity index (χ0v) is 26.5. The van der Waals surface area contributed by atoms with Crippen LogP contribution in [0, 0.1) is 13.8 Å². The minimum absolute atomic E-state index is 1.15. The highest BCUT2D eigenvalue weighted by atomic mass is 15.1. The van der Waals surface area contributed by atoms with Crippen molar-refractivity contribution in [1.82, 2.24) is 0 Å². The molecule has 0 amide bonds. The zero-order valence-electron chi connectivity index (χ0n) is 26.5. The Kier molecular flexibility index (Phi) is 6.33. The lowest BCUT2D eigenvalue weighted by Crippen LogP contribution is -2.11. The molecule has 0 bridgehead atoms. The smallest absolute Gasteiger partial charge is 0.0490 e. The van der Waals surface area contributed by atoms with E-state index in [9.17, 15) is 0 Å². The summed E-state index contributed by atoms with van der Waals surface area (Å²) >= 11 is 0. The Bertz CT molecular complexity index is 2460. The first-order valence-corrected chi connectivity index (χ1v) is 16.4. The van der Waals surface area contributed by atoms with Gasteiger partial charge in [-0.15, -0.1) is 0 Å². The van der Waals surface area contributed by atoms with Crippen molar-refractivity contribution in [3.63, 3.8) is 0 Å². The highest BCUT2D eigenvalue weighted by Crippen LogP contribution is 2.59. The lowest BCUT2D eigenvalue weighted by atomic mass is 9.70. The largest absolute Gasteiger partial charge is 0.310 e. The summed E-state index contributed by atoms with van der Waals surface area (Å²) in [6.07, 6.45) is 0. The first kappa shape index (κ1) is 27.4. The van der Waals surface area contributed by atoms with Crippen LogP contribution in [0.5, 0.6) is 0 Å². The molecule has 8 aromatic rings. The van der Waals surface area contributed by atoms with E-state index in [-0.39, 0.29) is 0 Å². The number of hydrogen-bond donors (Lipinski definition) is 0. The predicted molar refractivity (Wildman–Crippen MR) is 201 cm³/mol. The molecule has 1 heteroatoms. The van der Waals surface area contributed by atoms with Crippen molar-refractivity contribution in [2.75, 3.05) is 4.90 Å². The van der Waals surface area contributed by atoms with Gasteiger partial charge >= 0.3 is 0 Å². The molecule has 0 radical (unpaired) electrons. The topological polar surface area (TPSA) is 3.24 Å². The molecule has 0 atom stereocenters. The summed E-state index contributed by atoms with van der Waals surface area (Å²) in [4.78, 5) is 2.39. The van der Waals surface area contributed by atoms with Crippen LogP contribution in [0.2, 0.25) is 0 Å². The van der Waals surface area contributed by atoms with Crippen LogP contribution in [0.15, 0.2) is 164 Å². The summed E-state index contributed by atoms with van der Waals surface area (Å²) < 4.78 is 0. The summed E-state index contributed by atoms with van der Waals surface area (Å²) in [6.45, 7) is 4.37. The Morgan fingerprint density at radius 1 is 0.383 bits per heavy atom. The van der Waals surface area contributed by atoms with Gasteiger partial charge in [0.25, 0.3) is 0 Å². The number of rotatable bonds is 5. The van der Waals surface area contributed by atoms with Crippen molar-refractivity contribution in [1.29, 1.82) is 0 Å². The second-order valence-electron chi connectivity index (χ2n) is 12.7. The van der Waals surface area contributed by atoms with Gasteiger partial charge in [0.1, 0.15) is 0 Å². The standard InChI is InChI=1S/C46H33N/c1-30-22-25-42(31(2)26-30)47(36-18-10-5-11-19-36)37-24-23-34-28-40-41(29-35(34)27-37)46-44(33-16-8-4-9-17-33)39-21-13-12-20-38(39)43(45(40)46)32-14-6-3-7-15-32/h3-29H,1-2H3. The molecule has 0 saturated carbocycles. The van der Waals surface area contributed by atoms with Crippen LogP contribution < -0.4 is 4.90 Å². The highest BCUT2D eigenvalue weighted by Gasteiger charge is 2.32. The van der Waals surface area contributed by atoms with Crippen LogP contribution >= 0.6 is 0 Å². The molecule has 1 nitrogen and oxygen atoms in total. The van der Waals surface area contributed by atoms with Gasteiger partial charge in [0.15, 0.2) is 0 Å². The molecule has 0 heterocycles. The van der Waals surface area contributed by atoms with Gasteiger partial charge < -0.3 is 4.90 Å². The monoisotopic (exact) mass is 599 g/mol. The molecule has 0 aromatic heterocycles. The molecular weight excluding hydrogens is 567 g/mol. The van der Waals surface area contributed by atoms with Crippen LogP contribution in [-0.2, 0) is 0 Å². The molecule has 0 spiro atoms. The molecule has 0 fully saturated rings. The van der Waals surface area contributed by atoms with Crippen molar-refractivity contribution < 1.29 is 0 Å². The van der Waals surface area contributed by atoms with Gasteiger partial charge in [-0.25, -0.2) is 0 Å². The number of benzene rings is 8. The molecule has 0 saturated heterocycles. The highest BCUT2D eigenvalue weighted by molar-refractivity contribution is 6.26. The Hall–Kier alpha value is -5.92. The number of para-hydroxylation sites is 1. The fourth-order valence-electron chi connectivity index (χ4n) is 7.62. The molecule has 1 aliphatic carbocycles. The number of nitrogens with zero attached hydrogens (tertiary/aromatic N) is 1. The molecule has 0 unspecified atom stereocenters. The second kappa shape index (κ2) is 10.9. The molecule has 9 rings (SSSR count). The molecule has 222 valence electrons. The SMILES string of the molecule is Cc1ccc(N(c2ccccc2)c2ccc3cc4c(cc3c2)-c2c-4c(-c3ccccc3)c3ccccc3c2-c2ccccc2)c(C)c1. The van der Waals surface area contributed by atoms with E-state index in [4.69, 9.17) is 0 Å². The van der Waals surface area contributed by atoms with E-state index in [1.165, 1.54) is 82.9 Å². The number of fused-ring (bicyclic) bond motifs is 6. The molecular formula is C46H33N. The number of hydrogen-bond acceptors (Lipinski definition) is 1. The van der Waals surface area contributed by atoms with Gasteiger partial charge in [-0.3, -0.25) is 0 Å². The minimum Gasteiger partial charge on any atom is -0.310 e. The first-order valence-electron chi connectivity index (χ1n) is 16.4. The van der Waals surface area contributed by atoms with E-state index in [0.717, 1.165) is 11.4 Å². The normalized spacial score (nSPS) is 11.6. The van der Waals surface area contributed by atoms with Crippen molar-refractivity contribution in [2.24, 2.45) is 0 Å². The number of aryl methyl sites for hydroxylation is 2. The van der Waals surface area contributed by atoms with Gasteiger partial charge in [0.05, 0.1) is 0 Å². The third kappa shape index (κ3) is 4.39. The lowest BCUT2D eigenvalue weighted by Gasteiger charge is -2.33. The summed E-state index contributed by atoms with van der Waals surface area (Å²) in [7, 11) is 0. The fraction of sp³-hybridized carbons (Fsp3) is 0.0435. The molecule has 0 aliphatic heterocycles. The maximum absolute atomic E-state index is 2.43. The van der Waals surface area contributed by atoms with Crippen molar-refractivity contribution in [3.05, 3.63) is 175 Å². The second-order valence-corrected chi connectivity index (χ2v) is 12.7. The van der Waals surface area contributed by atoms with Crippen molar-refractivity contribution in [3.8, 4) is 44.5 Å². The molecule has 47 heavy (non-hydrogen) atoms. The van der Waals surface area contributed by atoms with Crippen molar-refractivity contribution >= 4 is 38.6 Å². The summed E-state index contributed by atoms with van der Waals surface area (Å²) in [5.74, 6) is 0. The summed E-state index contributed by atoms with van der Waals surface area (Å²) in [5, 5.41) is 5.08. The van der Waals surface area contributed by atoms with Crippen LogP contribution in [0.1, 0.15) is 11.1 Å². The summed E-state index contributed by atoms with van der Waals surface area (Å²) in [5.41, 5.74) is 16.5. The lowest BCUT2D eigenvalue weighted by molar-refractivity contribution is 1.24. The molecule has 0 N–H and O–H groups in total. The summed E-state index contributed by atoms with van der Waals surface area (Å²) in [6, 6.07) is 60.0. The molecule has 1 aliphatic rings. The van der Waals surface area contributed by atoms with Gasteiger partial charge in [0.2, 0.25) is 0 Å². The maximum atomic E-state index is 2.43. The van der Waals surface area contributed by atoms with Gasteiger partial charge in [-0.1, -0.05) is 127 Å². The van der Waals surface area contributed by atoms with E-state index >= 15 is 0 Å². The quantitative estimate of drug-likeness (QED) is 0.190. The van der Waals surface area contributed by atoms with Crippen LogP contribution in [-0.4, -0.2) is 0 Å². The number of anilines is 3.